The minimum absolute atomic E-state index is 0.110. The van der Waals surface area contributed by atoms with Crippen LogP contribution in [0.25, 0.3) is 0 Å². The fourth-order valence-corrected chi connectivity index (χ4v) is 3.38. The smallest absolute Gasteiger partial charge is 0.254 e. The number of rotatable bonds is 3. The Bertz CT molecular complexity index is 607. The predicted octanol–water partition coefficient (Wildman–Crippen LogP) is 3.38. The van der Waals surface area contributed by atoms with E-state index in [1.807, 2.05) is 30.6 Å². The third kappa shape index (κ3) is 2.56. The fraction of sp³-hybridized carbons (Fsp3) is 0.312. The highest BCUT2D eigenvalue weighted by molar-refractivity contribution is 7.09. The number of hydrogen-bond donors (Lipinski definition) is 1. The number of nitrogens with one attached hydrogen (secondary N) is 1. The lowest BCUT2D eigenvalue weighted by Gasteiger charge is -2.23. The molecular formula is C16H18N2OS. The fourth-order valence-electron chi connectivity index (χ4n) is 2.62. The van der Waals surface area contributed by atoms with Crippen LogP contribution in [0.2, 0.25) is 0 Å². The normalized spacial score (nSPS) is 13.4. The largest absolute Gasteiger partial charge is 0.385 e. The van der Waals surface area contributed by atoms with Gasteiger partial charge in [-0.15, -0.1) is 11.3 Å². The second-order valence-corrected chi connectivity index (χ2v) is 6.13. The summed E-state index contributed by atoms with van der Waals surface area (Å²) in [5.74, 6) is 0.110. The number of carbonyl (C=O) groups excluding carboxylic acids is 1. The van der Waals surface area contributed by atoms with E-state index in [0.29, 0.717) is 6.54 Å². The summed E-state index contributed by atoms with van der Waals surface area (Å²) in [5.41, 5.74) is 3.13. The Morgan fingerprint density at radius 2 is 2.25 bits per heavy atom. The number of carbonyl (C=O) groups is 1. The molecule has 4 heteroatoms. The molecule has 0 fully saturated rings. The molecule has 20 heavy (non-hydrogen) atoms. The molecule has 1 aromatic carbocycles. The molecule has 0 saturated heterocycles. The molecule has 2 heterocycles. The van der Waals surface area contributed by atoms with E-state index >= 15 is 0 Å². The van der Waals surface area contributed by atoms with Crippen molar-refractivity contribution < 1.29 is 4.79 Å². The molecule has 1 aliphatic rings. The maximum absolute atomic E-state index is 12.6. The van der Waals surface area contributed by atoms with E-state index < -0.39 is 0 Å². The van der Waals surface area contributed by atoms with Crippen LogP contribution in [-0.4, -0.2) is 24.4 Å². The molecule has 1 amide bonds. The van der Waals surface area contributed by atoms with Crippen molar-refractivity contribution in [1.82, 2.24) is 4.90 Å². The number of fused-ring (bicyclic) bond motifs is 1. The third-order valence-corrected chi connectivity index (χ3v) is 4.51. The van der Waals surface area contributed by atoms with Gasteiger partial charge in [0.2, 0.25) is 0 Å². The minimum atomic E-state index is 0.110. The monoisotopic (exact) mass is 286 g/mol. The highest BCUT2D eigenvalue weighted by Crippen LogP contribution is 2.26. The van der Waals surface area contributed by atoms with Crippen LogP contribution >= 0.6 is 11.3 Å². The summed E-state index contributed by atoms with van der Waals surface area (Å²) in [4.78, 5) is 15.7. The standard InChI is InChI=1S/C16H18N2OS/c1-18(11-12-5-4-10-20-12)16(19)14-6-2-8-15-13(14)7-3-9-17-15/h2,4-6,8,10,17H,3,7,9,11H2,1H3. The minimum Gasteiger partial charge on any atom is -0.385 e. The van der Waals surface area contributed by atoms with E-state index in [2.05, 4.69) is 17.4 Å². The van der Waals surface area contributed by atoms with E-state index in [-0.39, 0.29) is 5.91 Å². The van der Waals surface area contributed by atoms with Crippen LogP contribution in [0.1, 0.15) is 27.2 Å². The van der Waals surface area contributed by atoms with E-state index in [1.54, 1.807) is 16.2 Å². The Morgan fingerprint density at radius 3 is 3.05 bits per heavy atom. The molecule has 0 unspecified atom stereocenters. The topological polar surface area (TPSA) is 32.3 Å². The van der Waals surface area contributed by atoms with Crippen LogP contribution in [0.15, 0.2) is 35.7 Å². The van der Waals surface area contributed by atoms with Gasteiger partial charge in [-0.2, -0.15) is 0 Å². The van der Waals surface area contributed by atoms with Gasteiger partial charge in [0.1, 0.15) is 0 Å². The van der Waals surface area contributed by atoms with Crippen molar-refractivity contribution in [1.29, 1.82) is 0 Å². The van der Waals surface area contributed by atoms with Crippen LogP contribution in [-0.2, 0) is 13.0 Å². The van der Waals surface area contributed by atoms with Gasteiger partial charge >= 0.3 is 0 Å². The van der Waals surface area contributed by atoms with Gasteiger partial charge in [-0.05, 0) is 42.0 Å². The molecule has 3 rings (SSSR count). The highest BCUT2D eigenvalue weighted by Gasteiger charge is 2.20. The molecule has 0 atom stereocenters. The number of benzene rings is 1. The molecule has 2 aromatic rings. The quantitative estimate of drug-likeness (QED) is 0.938. The zero-order chi connectivity index (χ0) is 13.9. The first-order valence-corrected chi connectivity index (χ1v) is 7.77. The summed E-state index contributed by atoms with van der Waals surface area (Å²) in [5, 5.41) is 5.42. The van der Waals surface area contributed by atoms with Crippen molar-refractivity contribution in [2.24, 2.45) is 0 Å². The number of hydrogen-bond acceptors (Lipinski definition) is 3. The van der Waals surface area contributed by atoms with Crippen molar-refractivity contribution in [2.45, 2.75) is 19.4 Å². The van der Waals surface area contributed by atoms with Crippen LogP contribution in [0.5, 0.6) is 0 Å². The van der Waals surface area contributed by atoms with Crippen molar-refractivity contribution >= 4 is 22.9 Å². The summed E-state index contributed by atoms with van der Waals surface area (Å²) in [7, 11) is 1.87. The maximum Gasteiger partial charge on any atom is 0.254 e. The lowest BCUT2D eigenvalue weighted by atomic mass is 9.97. The third-order valence-electron chi connectivity index (χ3n) is 3.65. The van der Waals surface area contributed by atoms with E-state index in [0.717, 1.165) is 30.6 Å². The summed E-state index contributed by atoms with van der Waals surface area (Å²) in [6.45, 7) is 1.67. The molecule has 0 saturated carbocycles. The molecule has 3 nitrogen and oxygen atoms in total. The first-order chi connectivity index (χ1) is 9.75. The Kier molecular flexibility index (Phi) is 3.74. The number of anilines is 1. The van der Waals surface area contributed by atoms with Gasteiger partial charge in [0, 0.05) is 29.7 Å². The molecule has 1 aliphatic heterocycles. The van der Waals surface area contributed by atoms with Gasteiger partial charge in [0.25, 0.3) is 5.91 Å². The number of thiophene rings is 1. The van der Waals surface area contributed by atoms with Gasteiger partial charge in [-0.3, -0.25) is 4.79 Å². The van der Waals surface area contributed by atoms with Gasteiger partial charge < -0.3 is 10.2 Å². The van der Waals surface area contributed by atoms with E-state index in [1.165, 1.54) is 10.4 Å². The Labute approximate surface area is 123 Å². The van der Waals surface area contributed by atoms with Crippen LogP contribution in [0.4, 0.5) is 5.69 Å². The first-order valence-electron chi connectivity index (χ1n) is 6.89. The molecule has 1 aromatic heterocycles. The lowest BCUT2D eigenvalue weighted by molar-refractivity contribution is 0.0785. The number of amides is 1. The van der Waals surface area contributed by atoms with Crippen molar-refractivity contribution in [2.75, 3.05) is 18.9 Å². The average molecular weight is 286 g/mol. The number of nitrogens with zero attached hydrogens (tertiary/aromatic N) is 1. The van der Waals surface area contributed by atoms with Gasteiger partial charge in [-0.25, -0.2) is 0 Å². The lowest BCUT2D eigenvalue weighted by Crippen LogP contribution is -2.28. The Balaban J connectivity index is 1.83. The second kappa shape index (κ2) is 5.67. The molecule has 0 spiro atoms. The van der Waals surface area contributed by atoms with Gasteiger partial charge in [0.05, 0.1) is 6.54 Å². The first kappa shape index (κ1) is 13.2. The summed E-state index contributed by atoms with van der Waals surface area (Å²) in [6.07, 6.45) is 2.07. The summed E-state index contributed by atoms with van der Waals surface area (Å²) in [6, 6.07) is 10.1. The second-order valence-electron chi connectivity index (χ2n) is 5.10. The van der Waals surface area contributed by atoms with Crippen LogP contribution in [0, 0.1) is 0 Å². The van der Waals surface area contributed by atoms with Gasteiger partial charge in [0.15, 0.2) is 0 Å². The summed E-state index contributed by atoms with van der Waals surface area (Å²) < 4.78 is 0. The van der Waals surface area contributed by atoms with Crippen molar-refractivity contribution in [3.05, 3.63) is 51.7 Å². The van der Waals surface area contributed by atoms with Crippen LogP contribution in [0.3, 0.4) is 0 Å². The molecule has 0 bridgehead atoms. The summed E-state index contributed by atoms with van der Waals surface area (Å²) >= 11 is 1.69. The zero-order valence-electron chi connectivity index (χ0n) is 11.6. The zero-order valence-corrected chi connectivity index (χ0v) is 12.4. The molecular weight excluding hydrogens is 268 g/mol. The van der Waals surface area contributed by atoms with Crippen molar-refractivity contribution in [3.63, 3.8) is 0 Å². The van der Waals surface area contributed by atoms with Gasteiger partial charge in [-0.1, -0.05) is 12.1 Å². The maximum atomic E-state index is 12.6. The Morgan fingerprint density at radius 1 is 1.35 bits per heavy atom. The van der Waals surface area contributed by atoms with Crippen molar-refractivity contribution in [3.8, 4) is 0 Å². The highest BCUT2D eigenvalue weighted by atomic mass is 32.1. The van der Waals surface area contributed by atoms with E-state index in [9.17, 15) is 4.79 Å². The average Bonchev–Trinajstić information content (AvgIpc) is 2.99. The molecule has 104 valence electrons. The van der Waals surface area contributed by atoms with E-state index in [4.69, 9.17) is 0 Å². The molecule has 0 radical (unpaired) electrons. The molecule has 1 N–H and O–H groups in total. The Hall–Kier alpha value is -1.81. The SMILES string of the molecule is CN(Cc1cccs1)C(=O)c1cccc2c1CCCN2. The molecule has 0 aliphatic carbocycles. The predicted molar refractivity (Wildman–Crippen MR) is 83.4 cm³/mol. The van der Waals surface area contributed by atoms with Crippen LogP contribution < -0.4 is 5.32 Å².